The number of aromatic nitrogens is 2. The van der Waals surface area contributed by atoms with Gasteiger partial charge in [-0.3, -0.25) is 0 Å². The van der Waals surface area contributed by atoms with Gasteiger partial charge in [0.1, 0.15) is 18.0 Å². The van der Waals surface area contributed by atoms with Gasteiger partial charge in [0.25, 0.3) is 0 Å². The summed E-state index contributed by atoms with van der Waals surface area (Å²) < 4.78 is 5.23. The highest BCUT2D eigenvalue weighted by molar-refractivity contribution is 5.58. The number of anilines is 2. The monoisotopic (exact) mass is 280 g/mol. The number of rotatable bonds is 9. The van der Waals surface area contributed by atoms with E-state index in [9.17, 15) is 0 Å². The SMILES string of the molecule is CCCc1c(NC)ncnc1N(CCOC)CC(C)C. The van der Waals surface area contributed by atoms with Crippen molar-refractivity contribution in [2.24, 2.45) is 5.92 Å². The highest BCUT2D eigenvalue weighted by Gasteiger charge is 2.17. The quantitative estimate of drug-likeness (QED) is 0.753. The summed E-state index contributed by atoms with van der Waals surface area (Å²) in [5, 5.41) is 3.18. The van der Waals surface area contributed by atoms with E-state index in [1.807, 2.05) is 7.05 Å². The van der Waals surface area contributed by atoms with Crippen molar-refractivity contribution >= 4 is 11.6 Å². The van der Waals surface area contributed by atoms with Crippen LogP contribution in [0.25, 0.3) is 0 Å². The average Bonchev–Trinajstić information content (AvgIpc) is 2.43. The van der Waals surface area contributed by atoms with Gasteiger partial charge in [-0.1, -0.05) is 27.2 Å². The maximum atomic E-state index is 5.23. The summed E-state index contributed by atoms with van der Waals surface area (Å²) in [6.45, 7) is 9.15. The van der Waals surface area contributed by atoms with Gasteiger partial charge in [-0.25, -0.2) is 9.97 Å². The Balaban J connectivity index is 3.09. The van der Waals surface area contributed by atoms with Crippen molar-refractivity contribution in [3.05, 3.63) is 11.9 Å². The van der Waals surface area contributed by atoms with Gasteiger partial charge < -0.3 is 15.0 Å². The van der Waals surface area contributed by atoms with E-state index in [-0.39, 0.29) is 0 Å². The average molecular weight is 280 g/mol. The first-order valence-electron chi connectivity index (χ1n) is 7.39. The smallest absolute Gasteiger partial charge is 0.137 e. The summed E-state index contributed by atoms with van der Waals surface area (Å²) >= 11 is 0. The minimum Gasteiger partial charge on any atom is -0.383 e. The first-order chi connectivity index (χ1) is 9.63. The summed E-state index contributed by atoms with van der Waals surface area (Å²) in [5.41, 5.74) is 1.20. The lowest BCUT2D eigenvalue weighted by molar-refractivity contribution is 0.204. The van der Waals surface area contributed by atoms with Crippen LogP contribution in [0, 0.1) is 5.92 Å². The number of ether oxygens (including phenoxy) is 1. The van der Waals surface area contributed by atoms with E-state index in [0.29, 0.717) is 12.5 Å². The fourth-order valence-electron chi connectivity index (χ4n) is 2.30. The van der Waals surface area contributed by atoms with Gasteiger partial charge in [0.05, 0.1) is 6.61 Å². The van der Waals surface area contributed by atoms with E-state index in [1.165, 1.54) is 5.56 Å². The second-order valence-electron chi connectivity index (χ2n) is 5.36. The standard InChI is InChI=1S/C15H28N4O/c1-6-7-13-14(16-4)17-11-18-15(13)19(8-9-20-5)10-12(2)3/h11-12H,6-10H2,1-5H3,(H,16,17,18). The van der Waals surface area contributed by atoms with E-state index in [0.717, 1.165) is 37.6 Å². The predicted molar refractivity (Wildman–Crippen MR) is 84.5 cm³/mol. The molecule has 0 saturated heterocycles. The Labute approximate surface area is 122 Å². The van der Waals surface area contributed by atoms with Gasteiger partial charge in [0.2, 0.25) is 0 Å². The van der Waals surface area contributed by atoms with E-state index < -0.39 is 0 Å². The van der Waals surface area contributed by atoms with Gasteiger partial charge in [-0.15, -0.1) is 0 Å². The molecule has 0 saturated carbocycles. The molecule has 0 fully saturated rings. The van der Waals surface area contributed by atoms with Crippen LogP contribution in [0.3, 0.4) is 0 Å². The molecule has 0 atom stereocenters. The number of methoxy groups -OCH3 is 1. The molecule has 0 amide bonds. The summed E-state index contributed by atoms with van der Waals surface area (Å²) in [4.78, 5) is 11.2. The van der Waals surface area contributed by atoms with Crippen LogP contribution < -0.4 is 10.2 Å². The summed E-state index contributed by atoms with van der Waals surface area (Å²) in [6.07, 6.45) is 3.70. The summed E-state index contributed by atoms with van der Waals surface area (Å²) in [5.74, 6) is 2.55. The molecule has 114 valence electrons. The molecule has 1 aromatic rings. The van der Waals surface area contributed by atoms with E-state index >= 15 is 0 Å². The Hall–Kier alpha value is -1.36. The molecule has 0 aliphatic carbocycles. The maximum Gasteiger partial charge on any atom is 0.137 e. The van der Waals surface area contributed by atoms with E-state index in [2.05, 4.69) is 41.0 Å². The third kappa shape index (κ3) is 4.63. The molecule has 0 bridgehead atoms. The van der Waals surface area contributed by atoms with Gasteiger partial charge in [-0.05, 0) is 12.3 Å². The first-order valence-corrected chi connectivity index (χ1v) is 7.39. The minimum atomic E-state index is 0.578. The van der Waals surface area contributed by atoms with Crippen LogP contribution in [0.2, 0.25) is 0 Å². The Morgan fingerprint density at radius 1 is 1.35 bits per heavy atom. The molecule has 1 aromatic heterocycles. The molecule has 0 aliphatic heterocycles. The molecule has 5 heteroatoms. The second kappa shape index (κ2) is 8.74. The number of hydrogen-bond acceptors (Lipinski definition) is 5. The Bertz CT molecular complexity index is 395. The topological polar surface area (TPSA) is 50.3 Å². The van der Waals surface area contributed by atoms with E-state index in [4.69, 9.17) is 4.74 Å². The molecular weight excluding hydrogens is 252 g/mol. The normalized spacial score (nSPS) is 10.9. The maximum absolute atomic E-state index is 5.23. The van der Waals surface area contributed by atoms with Crippen molar-refractivity contribution < 1.29 is 4.74 Å². The molecule has 1 heterocycles. The number of nitrogens with zero attached hydrogens (tertiary/aromatic N) is 3. The van der Waals surface area contributed by atoms with Crippen LogP contribution in [0.1, 0.15) is 32.8 Å². The highest BCUT2D eigenvalue weighted by atomic mass is 16.5. The van der Waals surface area contributed by atoms with Crippen LogP contribution in [-0.4, -0.2) is 43.8 Å². The van der Waals surface area contributed by atoms with Gasteiger partial charge >= 0.3 is 0 Å². The van der Waals surface area contributed by atoms with Crippen LogP contribution in [-0.2, 0) is 11.2 Å². The summed E-state index contributed by atoms with van der Waals surface area (Å²) in [7, 11) is 3.65. The highest BCUT2D eigenvalue weighted by Crippen LogP contribution is 2.25. The molecule has 1 N–H and O–H groups in total. The van der Waals surface area contributed by atoms with Crippen LogP contribution in [0.15, 0.2) is 6.33 Å². The number of nitrogens with one attached hydrogen (secondary N) is 1. The molecule has 0 unspecified atom stereocenters. The molecule has 5 nitrogen and oxygen atoms in total. The zero-order valence-corrected chi connectivity index (χ0v) is 13.4. The minimum absolute atomic E-state index is 0.578. The van der Waals surface area contributed by atoms with Gasteiger partial charge in [0.15, 0.2) is 0 Å². The van der Waals surface area contributed by atoms with E-state index in [1.54, 1.807) is 13.4 Å². The zero-order valence-electron chi connectivity index (χ0n) is 13.4. The number of hydrogen-bond donors (Lipinski definition) is 1. The molecule has 1 rings (SSSR count). The lowest BCUT2D eigenvalue weighted by Gasteiger charge is -2.28. The molecule has 0 spiro atoms. The third-order valence-electron chi connectivity index (χ3n) is 3.11. The molecule has 0 radical (unpaired) electrons. The van der Waals surface area contributed by atoms with Gasteiger partial charge in [0, 0.05) is 32.8 Å². The van der Waals surface area contributed by atoms with Crippen molar-refractivity contribution in [1.82, 2.24) is 9.97 Å². The second-order valence-corrected chi connectivity index (χ2v) is 5.36. The first kappa shape index (κ1) is 16.7. The van der Waals surface area contributed by atoms with Crippen molar-refractivity contribution in [1.29, 1.82) is 0 Å². The molecule has 0 aromatic carbocycles. The largest absolute Gasteiger partial charge is 0.383 e. The summed E-state index contributed by atoms with van der Waals surface area (Å²) in [6, 6.07) is 0. The molecule has 0 aliphatic rings. The van der Waals surface area contributed by atoms with Gasteiger partial charge in [-0.2, -0.15) is 0 Å². The van der Waals surface area contributed by atoms with Crippen molar-refractivity contribution in [2.45, 2.75) is 33.6 Å². The molecule has 20 heavy (non-hydrogen) atoms. The fourth-order valence-corrected chi connectivity index (χ4v) is 2.30. The lowest BCUT2D eigenvalue weighted by atomic mass is 10.1. The van der Waals surface area contributed by atoms with Crippen molar-refractivity contribution in [3.8, 4) is 0 Å². The predicted octanol–water partition coefficient (Wildman–Crippen LogP) is 2.58. The fraction of sp³-hybridized carbons (Fsp3) is 0.733. The Morgan fingerprint density at radius 2 is 2.10 bits per heavy atom. The van der Waals surface area contributed by atoms with Crippen LogP contribution in [0.5, 0.6) is 0 Å². The lowest BCUT2D eigenvalue weighted by Crippen LogP contribution is -2.32. The Kier molecular flexibility index (Phi) is 7.30. The van der Waals surface area contributed by atoms with Crippen molar-refractivity contribution in [2.75, 3.05) is 44.1 Å². The Morgan fingerprint density at radius 3 is 2.65 bits per heavy atom. The molecular formula is C15H28N4O. The van der Waals surface area contributed by atoms with Crippen molar-refractivity contribution in [3.63, 3.8) is 0 Å². The van der Waals surface area contributed by atoms with Crippen LogP contribution >= 0.6 is 0 Å². The third-order valence-corrected chi connectivity index (χ3v) is 3.11. The van der Waals surface area contributed by atoms with Crippen LogP contribution in [0.4, 0.5) is 11.6 Å². The zero-order chi connectivity index (χ0) is 15.0.